The van der Waals surface area contributed by atoms with E-state index >= 15 is 0 Å². The Labute approximate surface area is 119 Å². The number of rotatable bonds is 2. The molecule has 3 heterocycles. The molecule has 0 saturated carbocycles. The summed E-state index contributed by atoms with van der Waals surface area (Å²) >= 11 is 3.52. The van der Waals surface area contributed by atoms with Crippen LogP contribution in [-0.4, -0.2) is 31.7 Å². The number of aryl methyl sites for hydroxylation is 1. The van der Waals surface area contributed by atoms with Gasteiger partial charge in [0.1, 0.15) is 18.0 Å². The number of anilines is 1. The molecule has 100 valence electrons. The molecule has 6 nitrogen and oxygen atoms in total. The Balaban J connectivity index is 1.96. The monoisotopic (exact) mass is 322 g/mol. The highest BCUT2D eigenvalue weighted by Gasteiger charge is 2.29. The van der Waals surface area contributed by atoms with Crippen molar-refractivity contribution in [1.82, 2.24) is 25.1 Å². The largest absolute Gasteiger partial charge is 0.345 e. The molecule has 2 aromatic rings. The fourth-order valence-corrected chi connectivity index (χ4v) is 2.93. The van der Waals surface area contributed by atoms with E-state index in [1.165, 1.54) is 6.42 Å². The van der Waals surface area contributed by atoms with Gasteiger partial charge in [0.2, 0.25) is 0 Å². The lowest BCUT2D eigenvalue weighted by Crippen LogP contribution is -2.35. The molecule has 19 heavy (non-hydrogen) atoms. The maximum atomic E-state index is 4.47. The molecule has 0 spiro atoms. The number of aromatic amines is 1. The quantitative estimate of drug-likeness (QED) is 0.919. The van der Waals surface area contributed by atoms with Crippen molar-refractivity contribution in [1.29, 1.82) is 0 Å². The molecule has 0 aromatic carbocycles. The molecule has 1 fully saturated rings. The normalized spacial score (nSPS) is 19.7. The third kappa shape index (κ3) is 2.47. The molecule has 1 atom stereocenters. The van der Waals surface area contributed by atoms with Gasteiger partial charge in [-0.2, -0.15) is 5.10 Å². The van der Waals surface area contributed by atoms with E-state index in [-0.39, 0.29) is 6.04 Å². The van der Waals surface area contributed by atoms with Crippen molar-refractivity contribution < 1.29 is 0 Å². The van der Waals surface area contributed by atoms with E-state index in [1.807, 2.05) is 6.92 Å². The lowest BCUT2D eigenvalue weighted by molar-refractivity contribution is 0.453. The molecule has 0 aliphatic carbocycles. The summed E-state index contributed by atoms with van der Waals surface area (Å²) < 4.78 is 0.911. The van der Waals surface area contributed by atoms with E-state index in [9.17, 15) is 0 Å². The van der Waals surface area contributed by atoms with Gasteiger partial charge < -0.3 is 4.90 Å². The third-order valence-corrected chi connectivity index (χ3v) is 3.89. The van der Waals surface area contributed by atoms with Gasteiger partial charge in [0, 0.05) is 12.7 Å². The Morgan fingerprint density at radius 2 is 2.32 bits per heavy atom. The van der Waals surface area contributed by atoms with Gasteiger partial charge in [-0.05, 0) is 42.1 Å². The fourth-order valence-electron chi connectivity index (χ4n) is 2.48. The SMILES string of the molecule is Cc1nc([C@H]2CCCCN2c2ncncc2Br)n[nH]1. The molecule has 0 bridgehead atoms. The minimum Gasteiger partial charge on any atom is -0.345 e. The van der Waals surface area contributed by atoms with Crippen LogP contribution in [0, 0.1) is 6.92 Å². The van der Waals surface area contributed by atoms with E-state index in [0.29, 0.717) is 0 Å². The Kier molecular flexibility index (Phi) is 3.46. The summed E-state index contributed by atoms with van der Waals surface area (Å²) in [5.41, 5.74) is 0. The van der Waals surface area contributed by atoms with Crippen molar-refractivity contribution >= 4 is 21.7 Å². The van der Waals surface area contributed by atoms with Crippen molar-refractivity contribution in [3.8, 4) is 0 Å². The Morgan fingerprint density at radius 1 is 1.42 bits per heavy atom. The summed E-state index contributed by atoms with van der Waals surface area (Å²) in [6, 6.07) is 0.185. The maximum Gasteiger partial charge on any atom is 0.173 e. The van der Waals surface area contributed by atoms with Crippen molar-refractivity contribution in [3.05, 3.63) is 28.6 Å². The van der Waals surface area contributed by atoms with Gasteiger partial charge in [-0.1, -0.05) is 0 Å². The number of hydrogen-bond acceptors (Lipinski definition) is 5. The van der Waals surface area contributed by atoms with Crippen LogP contribution in [0.5, 0.6) is 0 Å². The van der Waals surface area contributed by atoms with E-state index < -0.39 is 0 Å². The number of H-pyrrole nitrogens is 1. The molecule has 2 aromatic heterocycles. The van der Waals surface area contributed by atoms with Crippen molar-refractivity contribution in [2.24, 2.45) is 0 Å². The first-order valence-electron chi connectivity index (χ1n) is 6.37. The summed E-state index contributed by atoms with van der Waals surface area (Å²) in [5.74, 6) is 2.62. The van der Waals surface area contributed by atoms with Gasteiger partial charge >= 0.3 is 0 Å². The van der Waals surface area contributed by atoms with Crippen LogP contribution in [0.3, 0.4) is 0 Å². The molecule has 1 aliphatic rings. The highest BCUT2D eigenvalue weighted by atomic mass is 79.9. The maximum absolute atomic E-state index is 4.47. The van der Waals surface area contributed by atoms with Crippen LogP contribution in [0.25, 0.3) is 0 Å². The molecule has 7 heteroatoms. The molecule has 0 radical (unpaired) electrons. The Bertz CT molecular complexity index is 569. The highest BCUT2D eigenvalue weighted by molar-refractivity contribution is 9.10. The predicted molar refractivity (Wildman–Crippen MR) is 74.8 cm³/mol. The topological polar surface area (TPSA) is 70.6 Å². The van der Waals surface area contributed by atoms with E-state index in [2.05, 4.69) is 46.0 Å². The zero-order valence-electron chi connectivity index (χ0n) is 10.7. The number of hydrogen-bond donors (Lipinski definition) is 1. The van der Waals surface area contributed by atoms with Gasteiger partial charge in [0.05, 0.1) is 10.5 Å². The lowest BCUT2D eigenvalue weighted by Gasteiger charge is -2.35. The van der Waals surface area contributed by atoms with Crippen LogP contribution in [0.15, 0.2) is 17.0 Å². The van der Waals surface area contributed by atoms with E-state index in [0.717, 1.165) is 41.3 Å². The second kappa shape index (κ2) is 5.24. The van der Waals surface area contributed by atoms with Crippen LogP contribution in [0.2, 0.25) is 0 Å². The number of nitrogens with one attached hydrogen (secondary N) is 1. The van der Waals surface area contributed by atoms with E-state index in [4.69, 9.17) is 0 Å². The first kappa shape index (κ1) is 12.5. The Hall–Kier alpha value is -1.50. The zero-order chi connectivity index (χ0) is 13.2. The average molecular weight is 323 g/mol. The predicted octanol–water partition coefficient (Wildman–Crippen LogP) is 2.40. The summed E-state index contributed by atoms with van der Waals surface area (Å²) in [5, 5.41) is 7.23. The highest BCUT2D eigenvalue weighted by Crippen LogP contribution is 2.35. The fraction of sp³-hybridized carbons (Fsp3) is 0.500. The van der Waals surface area contributed by atoms with Crippen LogP contribution >= 0.6 is 15.9 Å². The first-order chi connectivity index (χ1) is 9.25. The van der Waals surface area contributed by atoms with Crippen molar-refractivity contribution in [2.75, 3.05) is 11.4 Å². The third-order valence-electron chi connectivity index (χ3n) is 3.34. The smallest absolute Gasteiger partial charge is 0.173 e. The summed E-state index contributed by atoms with van der Waals surface area (Å²) in [4.78, 5) is 15.1. The van der Waals surface area contributed by atoms with Crippen LogP contribution in [-0.2, 0) is 0 Å². The molecule has 3 rings (SSSR count). The molecular formula is C12H15BrN6. The molecule has 0 unspecified atom stereocenters. The van der Waals surface area contributed by atoms with Crippen molar-refractivity contribution in [3.63, 3.8) is 0 Å². The minimum atomic E-state index is 0.185. The first-order valence-corrected chi connectivity index (χ1v) is 7.16. The second-order valence-corrected chi connectivity index (χ2v) is 5.53. The Morgan fingerprint density at radius 3 is 3.05 bits per heavy atom. The average Bonchev–Trinajstić information content (AvgIpc) is 2.86. The minimum absolute atomic E-state index is 0.185. The number of piperidine rings is 1. The molecule has 0 amide bonds. The molecular weight excluding hydrogens is 308 g/mol. The van der Waals surface area contributed by atoms with Gasteiger partial charge in [0.25, 0.3) is 0 Å². The standard InChI is InChI=1S/C12H15BrN6/c1-8-16-11(18-17-8)10-4-2-3-5-19(10)12-9(13)6-14-7-15-12/h6-7,10H,2-5H2,1H3,(H,16,17,18)/t10-/m1/s1. The number of nitrogens with zero attached hydrogens (tertiary/aromatic N) is 5. The van der Waals surface area contributed by atoms with Gasteiger partial charge in [-0.15, -0.1) is 0 Å². The van der Waals surface area contributed by atoms with Crippen molar-refractivity contribution in [2.45, 2.75) is 32.2 Å². The summed E-state index contributed by atoms with van der Waals surface area (Å²) in [6.45, 7) is 2.89. The molecule has 1 aliphatic heterocycles. The zero-order valence-corrected chi connectivity index (χ0v) is 12.3. The van der Waals surface area contributed by atoms with E-state index in [1.54, 1.807) is 12.5 Å². The van der Waals surface area contributed by atoms with Gasteiger partial charge in [0.15, 0.2) is 5.82 Å². The van der Waals surface area contributed by atoms with Gasteiger partial charge in [-0.25, -0.2) is 15.0 Å². The lowest BCUT2D eigenvalue weighted by atomic mass is 10.0. The van der Waals surface area contributed by atoms with Crippen LogP contribution in [0.4, 0.5) is 5.82 Å². The van der Waals surface area contributed by atoms with Crippen LogP contribution < -0.4 is 4.90 Å². The van der Waals surface area contributed by atoms with Crippen LogP contribution in [0.1, 0.15) is 37.0 Å². The molecule has 1 N–H and O–H groups in total. The molecule has 1 saturated heterocycles. The van der Waals surface area contributed by atoms with Gasteiger partial charge in [-0.3, -0.25) is 5.10 Å². The summed E-state index contributed by atoms with van der Waals surface area (Å²) in [7, 11) is 0. The summed E-state index contributed by atoms with van der Waals surface area (Å²) in [6.07, 6.45) is 6.76. The number of aromatic nitrogens is 5. The number of halogens is 1. The second-order valence-electron chi connectivity index (χ2n) is 4.68.